The van der Waals surface area contributed by atoms with Crippen molar-refractivity contribution in [2.45, 2.75) is 52.1 Å². The zero-order valence-corrected chi connectivity index (χ0v) is 13.4. The lowest BCUT2D eigenvalue weighted by molar-refractivity contribution is 0.489. The molecule has 0 aliphatic carbocycles. The minimum absolute atomic E-state index is 0.624. The molecule has 0 amide bonds. The summed E-state index contributed by atoms with van der Waals surface area (Å²) in [6.45, 7) is 5.56. The lowest BCUT2D eigenvalue weighted by Gasteiger charge is -2.12. The van der Waals surface area contributed by atoms with Gasteiger partial charge in [-0.1, -0.05) is 32.3 Å². The van der Waals surface area contributed by atoms with E-state index in [2.05, 4.69) is 48.1 Å². The number of nitrogens with one attached hydrogen (secondary N) is 1. The molecule has 0 aromatic carbocycles. The normalized spacial score (nSPS) is 12.7. The van der Waals surface area contributed by atoms with E-state index < -0.39 is 0 Å². The van der Waals surface area contributed by atoms with E-state index in [1.165, 1.54) is 41.0 Å². The summed E-state index contributed by atoms with van der Waals surface area (Å²) in [7, 11) is 0. The van der Waals surface area contributed by atoms with Gasteiger partial charge in [0.05, 0.1) is 0 Å². The van der Waals surface area contributed by atoms with E-state index in [0.717, 1.165) is 6.54 Å². The van der Waals surface area contributed by atoms with Gasteiger partial charge in [-0.3, -0.25) is 0 Å². The molecule has 0 aliphatic rings. The van der Waals surface area contributed by atoms with E-state index >= 15 is 0 Å². The maximum atomic E-state index is 3.63. The van der Waals surface area contributed by atoms with Crippen LogP contribution < -0.4 is 5.32 Å². The zero-order chi connectivity index (χ0) is 13.5. The molecule has 0 saturated carbocycles. The largest absolute Gasteiger partial charge is 0.309 e. The van der Waals surface area contributed by atoms with Crippen LogP contribution in [0.1, 0.15) is 44.4 Å². The van der Waals surface area contributed by atoms with Gasteiger partial charge in [0.2, 0.25) is 0 Å². The molecule has 3 heteroatoms. The highest BCUT2D eigenvalue weighted by Gasteiger charge is 2.05. The van der Waals surface area contributed by atoms with E-state index in [1.807, 2.05) is 22.7 Å². The molecule has 1 unspecified atom stereocenters. The molecule has 0 aliphatic heterocycles. The van der Waals surface area contributed by atoms with Crippen LogP contribution in [0.3, 0.4) is 0 Å². The van der Waals surface area contributed by atoms with Crippen molar-refractivity contribution in [3.8, 4) is 10.4 Å². The number of hydrogen-bond donors (Lipinski definition) is 1. The summed E-state index contributed by atoms with van der Waals surface area (Å²) >= 11 is 3.68. The second-order valence-corrected chi connectivity index (χ2v) is 7.00. The van der Waals surface area contributed by atoms with E-state index in [0.29, 0.717) is 6.04 Å². The Morgan fingerprint density at radius 3 is 2.89 bits per heavy atom. The summed E-state index contributed by atoms with van der Waals surface area (Å²) in [6.07, 6.45) is 5.29. The van der Waals surface area contributed by atoms with Gasteiger partial charge < -0.3 is 5.32 Å². The van der Waals surface area contributed by atoms with Crippen LogP contribution in [0.15, 0.2) is 29.0 Å². The molecule has 0 fully saturated rings. The van der Waals surface area contributed by atoms with E-state index in [9.17, 15) is 0 Å². The average Bonchev–Trinajstić information content (AvgIpc) is 3.07. The number of unbranched alkanes of at least 4 members (excludes halogenated alkanes) is 2. The first-order chi connectivity index (χ1) is 9.29. The maximum Gasteiger partial charge on any atom is 0.0351 e. The van der Waals surface area contributed by atoms with Crippen LogP contribution in [-0.4, -0.2) is 6.04 Å². The minimum atomic E-state index is 0.624. The van der Waals surface area contributed by atoms with E-state index in [1.54, 1.807) is 0 Å². The summed E-state index contributed by atoms with van der Waals surface area (Å²) in [4.78, 5) is 2.81. The van der Waals surface area contributed by atoms with Crippen LogP contribution in [0, 0.1) is 0 Å². The third kappa shape index (κ3) is 4.75. The second kappa shape index (κ2) is 7.83. The number of rotatable bonds is 8. The molecule has 1 N–H and O–H groups in total. The van der Waals surface area contributed by atoms with Crippen molar-refractivity contribution in [3.05, 3.63) is 33.8 Å². The summed E-state index contributed by atoms with van der Waals surface area (Å²) in [5, 5.41) is 8.04. The van der Waals surface area contributed by atoms with Crippen molar-refractivity contribution in [3.63, 3.8) is 0 Å². The highest BCUT2D eigenvalue weighted by atomic mass is 32.1. The second-order valence-electron chi connectivity index (χ2n) is 5.06. The van der Waals surface area contributed by atoms with Gasteiger partial charge in [-0.15, -0.1) is 22.7 Å². The molecule has 1 atom stereocenters. The SMILES string of the molecule is CCCCCC(C)NCc1cc(-c2cccs2)cs1. The van der Waals surface area contributed by atoms with Gasteiger partial charge in [-0.25, -0.2) is 0 Å². The van der Waals surface area contributed by atoms with Crippen molar-refractivity contribution in [1.29, 1.82) is 0 Å². The van der Waals surface area contributed by atoms with Crippen LogP contribution in [0.4, 0.5) is 0 Å². The predicted octanol–water partition coefficient (Wildman–Crippen LogP) is 5.54. The Morgan fingerprint density at radius 2 is 2.16 bits per heavy atom. The first-order valence-corrected chi connectivity index (χ1v) is 8.90. The van der Waals surface area contributed by atoms with Gasteiger partial charge in [0, 0.05) is 27.9 Å². The lowest BCUT2D eigenvalue weighted by Crippen LogP contribution is -2.24. The lowest BCUT2D eigenvalue weighted by atomic mass is 10.1. The van der Waals surface area contributed by atoms with Gasteiger partial charge in [-0.2, -0.15) is 0 Å². The maximum absolute atomic E-state index is 3.63. The molecular formula is C16H23NS2. The smallest absolute Gasteiger partial charge is 0.0351 e. The molecule has 1 nitrogen and oxygen atoms in total. The molecule has 2 aromatic heterocycles. The summed E-state index contributed by atoms with van der Waals surface area (Å²) in [6, 6.07) is 7.25. The number of thiophene rings is 2. The summed E-state index contributed by atoms with van der Waals surface area (Å²) in [5.41, 5.74) is 1.37. The third-order valence-corrected chi connectivity index (χ3v) is 5.18. The van der Waals surface area contributed by atoms with Crippen LogP contribution >= 0.6 is 22.7 Å². The van der Waals surface area contributed by atoms with Crippen molar-refractivity contribution in [1.82, 2.24) is 5.32 Å². The monoisotopic (exact) mass is 293 g/mol. The van der Waals surface area contributed by atoms with Crippen LogP contribution in [0.2, 0.25) is 0 Å². The fraction of sp³-hybridized carbons (Fsp3) is 0.500. The molecule has 2 heterocycles. The molecule has 2 aromatic rings. The highest BCUT2D eigenvalue weighted by Crippen LogP contribution is 2.29. The quantitative estimate of drug-likeness (QED) is 0.630. The van der Waals surface area contributed by atoms with Gasteiger partial charge >= 0.3 is 0 Å². The van der Waals surface area contributed by atoms with Crippen LogP contribution in [0.5, 0.6) is 0 Å². The van der Waals surface area contributed by atoms with Crippen molar-refractivity contribution >= 4 is 22.7 Å². The zero-order valence-electron chi connectivity index (χ0n) is 11.8. The standard InChI is InChI=1S/C16H23NS2/c1-3-4-5-7-13(2)17-11-15-10-14(12-19-15)16-8-6-9-18-16/h6,8-10,12-13,17H,3-5,7,11H2,1-2H3. The average molecular weight is 294 g/mol. The topological polar surface area (TPSA) is 12.0 Å². The molecule has 19 heavy (non-hydrogen) atoms. The Hall–Kier alpha value is -0.640. The predicted molar refractivity (Wildman–Crippen MR) is 88.1 cm³/mol. The van der Waals surface area contributed by atoms with E-state index in [-0.39, 0.29) is 0 Å². The van der Waals surface area contributed by atoms with Gasteiger partial charge in [-0.05, 0) is 36.2 Å². The first kappa shape index (κ1) is 14.8. The molecule has 2 rings (SSSR count). The van der Waals surface area contributed by atoms with Crippen LogP contribution in [0.25, 0.3) is 10.4 Å². The minimum Gasteiger partial charge on any atom is -0.309 e. The Balaban J connectivity index is 1.77. The molecule has 0 spiro atoms. The van der Waals surface area contributed by atoms with Gasteiger partial charge in [0.25, 0.3) is 0 Å². The molecule has 0 saturated heterocycles. The van der Waals surface area contributed by atoms with Crippen LogP contribution in [-0.2, 0) is 6.54 Å². The Morgan fingerprint density at radius 1 is 1.26 bits per heavy atom. The van der Waals surface area contributed by atoms with Gasteiger partial charge in [0.1, 0.15) is 0 Å². The van der Waals surface area contributed by atoms with Crippen molar-refractivity contribution in [2.24, 2.45) is 0 Å². The first-order valence-electron chi connectivity index (χ1n) is 7.14. The third-order valence-electron chi connectivity index (χ3n) is 3.32. The highest BCUT2D eigenvalue weighted by molar-refractivity contribution is 7.14. The summed E-state index contributed by atoms with van der Waals surface area (Å²) < 4.78 is 0. The molecular weight excluding hydrogens is 270 g/mol. The summed E-state index contributed by atoms with van der Waals surface area (Å²) in [5.74, 6) is 0. The molecule has 0 bridgehead atoms. The fourth-order valence-corrected chi connectivity index (χ4v) is 3.75. The molecule has 0 radical (unpaired) electrons. The Bertz CT molecular complexity index is 459. The van der Waals surface area contributed by atoms with Crippen molar-refractivity contribution < 1.29 is 0 Å². The molecule has 104 valence electrons. The van der Waals surface area contributed by atoms with E-state index in [4.69, 9.17) is 0 Å². The Labute approximate surface area is 124 Å². The number of hydrogen-bond acceptors (Lipinski definition) is 3. The van der Waals surface area contributed by atoms with Crippen molar-refractivity contribution in [2.75, 3.05) is 0 Å². The van der Waals surface area contributed by atoms with Gasteiger partial charge in [0.15, 0.2) is 0 Å². The fourth-order valence-electron chi connectivity index (χ4n) is 2.12. The Kier molecular flexibility index (Phi) is 6.08.